The molecule has 2 aromatic rings. The molecule has 0 saturated carbocycles. The lowest BCUT2D eigenvalue weighted by Gasteiger charge is -2.21. The molecule has 2 aromatic carbocycles. The molecule has 6 nitrogen and oxygen atoms in total. The van der Waals surface area contributed by atoms with Gasteiger partial charge in [0.05, 0.1) is 12.1 Å². The van der Waals surface area contributed by atoms with Gasteiger partial charge in [0, 0.05) is 18.2 Å². The summed E-state index contributed by atoms with van der Waals surface area (Å²) in [7, 11) is 0. The summed E-state index contributed by atoms with van der Waals surface area (Å²) in [5.41, 5.74) is 0.490. The van der Waals surface area contributed by atoms with Gasteiger partial charge in [-0.25, -0.2) is 4.90 Å². The number of rotatable bonds is 2. The standard InChI is InChI=1S/C18H14N2O4/c21-15-8-9-16(22)19(15)14-10-17(23)20(18(14)24)13-7-3-5-11-4-1-2-6-12(11)13/h1-7,14H,8-10H2. The molecule has 4 rings (SSSR count). The summed E-state index contributed by atoms with van der Waals surface area (Å²) in [6.07, 6.45) is 0.0513. The zero-order chi connectivity index (χ0) is 16.8. The van der Waals surface area contributed by atoms with E-state index in [4.69, 9.17) is 0 Å². The number of imide groups is 2. The van der Waals surface area contributed by atoms with Gasteiger partial charge in [0.2, 0.25) is 17.7 Å². The number of likely N-dealkylation sites (tertiary alicyclic amines) is 1. The number of benzene rings is 2. The lowest BCUT2D eigenvalue weighted by atomic mass is 10.1. The predicted molar refractivity (Wildman–Crippen MR) is 85.9 cm³/mol. The van der Waals surface area contributed by atoms with Crippen molar-refractivity contribution in [2.75, 3.05) is 4.90 Å². The average molecular weight is 322 g/mol. The SMILES string of the molecule is O=C1CC(N2C(=O)CCC2=O)C(=O)N1c1cccc2ccccc12. The summed E-state index contributed by atoms with van der Waals surface area (Å²) in [5, 5.41) is 1.69. The quantitative estimate of drug-likeness (QED) is 0.788. The molecule has 2 aliphatic rings. The van der Waals surface area contributed by atoms with Gasteiger partial charge in [-0.1, -0.05) is 36.4 Å². The Bertz CT molecular complexity index is 884. The highest BCUT2D eigenvalue weighted by Crippen LogP contribution is 2.33. The molecule has 6 heteroatoms. The van der Waals surface area contributed by atoms with E-state index in [1.54, 1.807) is 12.1 Å². The Kier molecular flexibility index (Phi) is 3.19. The molecule has 0 aliphatic carbocycles. The number of carbonyl (C=O) groups excluding carboxylic acids is 4. The Labute approximate surface area is 137 Å². The largest absolute Gasteiger partial charge is 0.274 e. The van der Waals surface area contributed by atoms with Crippen LogP contribution in [-0.4, -0.2) is 34.6 Å². The normalized spacial score (nSPS) is 21.4. The highest BCUT2D eigenvalue weighted by atomic mass is 16.2. The molecular formula is C18H14N2O4. The smallest absolute Gasteiger partial charge is 0.257 e. The minimum Gasteiger partial charge on any atom is -0.274 e. The van der Waals surface area contributed by atoms with Crippen LogP contribution in [0, 0.1) is 0 Å². The van der Waals surface area contributed by atoms with Crippen molar-refractivity contribution >= 4 is 40.1 Å². The van der Waals surface area contributed by atoms with E-state index in [9.17, 15) is 19.2 Å². The molecule has 1 atom stereocenters. The van der Waals surface area contributed by atoms with Crippen LogP contribution in [0.15, 0.2) is 42.5 Å². The van der Waals surface area contributed by atoms with E-state index in [-0.39, 0.29) is 31.1 Å². The summed E-state index contributed by atoms with van der Waals surface area (Å²) in [5.74, 6) is -1.68. The maximum atomic E-state index is 12.8. The molecule has 0 radical (unpaired) electrons. The van der Waals surface area contributed by atoms with Crippen molar-refractivity contribution in [3.63, 3.8) is 0 Å². The Balaban J connectivity index is 1.76. The number of anilines is 1. The first-order valence-corrected chi connectivity index (χ1v) is 7.77. The van der Waals surface area contributed by atoms with Crippen LogP contribution in [0.2, 0.25) is 0 Å². The first-order valence-electron chi connectivity index (χ1n) is 7.77. The summed E-state index contributed by atoms with van der Waals surface area (Å²) in [6.45, 7) is 0. The van der Waals surface area contributed by atoms with E-state index in [0.29, 0.717) is 5.69 Å². The Morgan fingerprint density at radius 3 is 2.21 bits per heavy atom. The van der Waals surface area contributed by atoms with Gasteiger partial charge in [0.15, 0.2) is 0 Å². The van der Waals surface area contributed by atoms with Crippen LogP contribution in [0.1, 0.15) is 19.3 Å². The number of carbonyl (C=O) groups is 4. The highest BCUT2D eigenvalue weighted by molar-refractivity contribution is 6.26. The van der Waals surface area contributed by atoms with E-state index in [1.807, 2.05) is 30.3 Å². The van der Waals surface area contributed by atoms with Gasteiger partial charge in [-0.3, -0.25) is 24.1 Å². The van der Waals surface area contributed by atoms with E-state index in [1.165, 1.54) is 0 Å². The lowest BCUT2D eigenvalue weighted by molar-refractivity contribution is -0.144. The maximum absolute atomic E-state index is 12.8. The van der Waals surface area contributed by atoms with E-state index >= 15 is 0 Å². The van der Waals surface area contributed by atoms with Crippen molar-refractivity contribution in [1.29, 1.82) is 0 Å². The Morgan fingerprint density at radius 1 is 0.792 bits per heavy atom. The summed E-state index contributed by atoms with van der Waals surface area (Å²) >= 11 is 0. The third-order valence-electron chi connectivity index (χ3n) is 4.53. The van der Waals surface area contributed by atoms with Crippen molar-refractivity contribution in [3.8, 4) is 0 Å². The van der Waals surface area contributed by atoms with E-state index < -0.39 is 17.9 Å². The molecule has 0 N–H and O–H groups in total. The minimum atomic E-state index is -1.01. The third kappa shape index (κ3) is 2.03. The van der Waals surface area contributed by atoms with Crippen LogP contribution in [-0.2, 0) is 19.2 Å². The lowest BCUT2D eigenvalue weighted by Crippen LogP contribution is -2.44. The van der Waals surface area contributed by atoms with Crippen LogP contribution in [0.5, 0.6) is 0 Å². The fraction of sp³-hybridized carbons (Fsp3) is 0.222. The topological polar surface area (TPSA) is 74.8 Å². The second-order valence-electron chi connectivity index (χ2n) is 5.94. The maximum Gasteiger partial charge on any atom is 0.257 e. The monoisotopic (exact) mass is 322 g/mol. The number of fused-ring (bicyclic) bond motifs is 1. The predicted octanol–water partition coefficient (Wildman–Crippen LogP) is 1.62. The van der Waals surface area contributed by atoms with Crippen LogP contribution in [0.25, 0.3) is 10.8 Å². The molecule has 0 bridgehead atoms. The summed E-state index contributed by atoms with van der Waals surface area (Å²) < 4.78 is 0. The fourth-order valence-electron chi connectivity index (χ4n) is 3.42. The minimum absolute atomic E-state index is 0.102. The first-order chi connectivity index (χ1) is 11.6. The van der Waals surface area contributed by atoms with Crippen molar-refractivity contribution in [1.82, 2.24) is 4.90 Å². The van der Waals surface area contributed by atoms with E-state index in [0.717, 1.165) is 20.6 Å². The molecule has 4 amide bonds. The molecule has 2 fully saturated rings. The van der Waals surface area contributed by atoms with E-state index in [2.05, 4.69) is 0 Å². The Morgan fingerprint density at radius 2 is 1.46 bits per heavy atom. The highest BCUT2D eigenvalue weighted by Gasteiger charge is 2.48. The molecule has 24 heavy (non-hydrogen) atoms. The van der Waals surface area contributed by atoms with Crippen LogP contribution in [0.3, 0.4) is 0 Å². The van der Waals surface area contributed by atoms with Crippen molar-refractivity contribution in [2.24, 2.45) is 0 Å². The van der Waals surface area contributed by atoms with Gasteiger partial charge in [-0.15, -0.1) is 0 Å². The second kappa shape index (κ2) is 5.26. The van der Waals surface area contributed by atoms with Crippen molar-refractivity contribution < 1.29 is 19.2 Å². The van der Waals surface area contributed by atoms with Gasteiger partial charge in [0.1, 0.15) is 6.04 Å². The van der Waals surface area contributed by atoms with Gasteiger partial charge < -0.3 is 0 Å². The molecule has 1 unspecified atom stereocenters. The molecule has 2 aliphatic heterocycles. The van der Waals surface area contributed by atoms with Crippen LogP contribution < -0.4 is 4.90 Å². The zero-order valence-corrected chi connectivity index (χ0v) is 12.8. The number of amides is 4. The molecule has 2 heterocycles. The number of hydrogen-bond donors (Lipinski definition) is 0. The number of hydrogen-bond acceptors (Lipinski definition) is 4. The van der Waals surface area contributed by atoms with Gasteiger partial charge in [-0.05, 0) is 11.5 Å². The van der Waals surface area contributed by atoms with Gasteiger partial charge in [0.25, 0.3) is 5.91 Å². The summed E-state index contributed by atoms with van der Waals surface area (Å²) in [4.78, 5) is 51.1. The van der Waals surface area contributed by atoms with Gasteiger partial charge in [-0.2, -0.15) is 0 Å². The molecule has 2 saturated heterocycles. The van der Waals surface area contributed by atoms with Crippen molar-refractivity contribution in [3.05, 3.63) is 42.5 Å². The van der Waals surface area contributed by atoms with Gasteiger partial charge >= 0.3 is 0 Å². The third-order valence-corrected chi connectivity index (χ3v) is 4.53. The molecular weight excluding hydrogens is 308 g/mol. The molecule has 0 spiro atoms. The fourth-order valence-corrected chi connectivity index (χ4v) is 3.42. The number of nitrogens with zero attached hydrogens (tertiary/aromatic N) is 2. The molecule has 120 valence electrons. The zero-order valence-electron chi connectivity index (χ0n) is 12.8. The molecule has 0 aromatic heterocycles. The second-order valence-corrected chi connectivity index (χ2v) is 5.94. The van der Waals surface area contributed by atoms with Crippen LogP contribution >= 0.6 is 0 Å². The van der Waals surface area contributed by atoms with Crippen molar-refractivity contribution in [2.45, 2.75) is 25.3 Å². The Hall–Kier alpha value is -3.02. The van der Waals surface area contributed by atoms with Crippen LogP contribution in [0.4, 0.5) is 5.69 Å². The first kappa shape index (κ1) is 14.6. The summed E-state index contributed by atoms with van der Waals surface area (Å²) in [6, 6.07) is 11.8. The average Bonchev–Trinajstić information content (AvgIpc) is 3.05.